The second-order valence-corrected chi connectivity index (χ2v) is 5.35. The van der Waals surface area contributed by atoms with Crippen LogP contribution in [-0.4, -0.2) is 25.0 Å². The lowest BCUT2D eigenvalue weighted by Gasteiger charge is -2.33. The molecule has 2 rings (SSSR count). The van der Waals surface area contributed by atoms with E-state index in [0.717, 1.165) is 17.8 Å². The van der Waals surface area contributed by atoms with Crippen molar-refractivity contribution < 1.29 is 0 Å². The first-order valence-electron chi connectivity index (χ1n) is 8.76. The topological polar surface area (TPSA) is 3.24 Å². The summed E-state index contributed by atoms with van der Waals surface area (Å²) in [5, 5.41) is 0. The van der Waals surface area contributed by atoms with Gasteiger partial charge < -0.3 is 4.90 Å². The molecule has 19 heavy (non-hydrogen) atoms. The second kappa shape index (κ2) is 18.0. The molecule has 1 aliphatic heterocycles. The number of likely N-dealkylation sites (tertiary alicyclic amines) is 1. The van der Waals surface area contributed by atoms with Crippen LogP contribution in [0.4, 0.5) is 0 Å². The number of hydrogen-bond acceptors (Lipinski definition) is 1. The predicted molar refractivity (Wildman–Crippen MR) is 92.9 cm³/mol. The Bertz CT molecular complexity index is 125. The summed E-state index contributed by atoms with van der Waals surface area (Å²) in [4.78, 5) is 2.32. The van der Waals surface area contributed by atoms with Crippen LogP contribution in [0.3, 0.4) is 0 Å². The molecule has 2 atom stereocenters. The summed E-state index contributed by atoms with van der Waals surface area (Å²) in [6.45, 7) is 21.6. The summed E-state index contributed by atoms with van der Waals surface area (Å²) in [7, 11) is 2.15. The maximum absolute atomic E-state index is 2.35. The van der Waals surface area contributed by atoms with Crippen LogP contribution < -0.4 is 0 Å². The number of nitrogens with zero attached hydrogens (tertiary/aromatic N) is 1. The molecule has 0 spiro atoms. The van der Waals surface area contributed by atoms with Crippen molar-refractivity contribution in [1.82, 2.24) is 4.90 Å². The summed E-state index contributed by atoms with van der Waals surface area (Å²) in [5.41, 5.74) is 0. The Morgan fingerprint density at radius 1 is 0.632 bits per heavy atom. The Kier molecular flexibility index (Phi) is 22.7. The molecule has 0 aromatic rings. The van der Waals surface area contributed by atoms with Gasteiger partial charge in [-0.25, -0.2) is 0 Å². The average Bonchev–Trinajstić information content (AvgIpc) is 2.80. The lowest BCUT2D eigenvalue weighted by Crippen LogP contribution is -2.41. The minimum absolute atomic E-state index is 0.968. The average molecular weight is 274 g/mol. The summed E-state index contributed by atoms with van der Waals surface area (Å²) >= 11 is 0. The quantitative estimate of drug-likeness (QED) is 0.516. The van der Waals surface area contributed by atoms with Gasteiger partial charge in [0.25, 0.3) is 0 Å². The van der Waals surface area contributed by atoms with E-state index in [9.17, 15) is 0 Å². The first-order valence-corrected chi connectivity index (χ1v) is 8.76. The van der Waals surface area contributed by atoms with E-state index in [1.807, 2.05) is 41.5 Å². The third-order valence-electron chi connectivity index (χ3n) is 3.20. The van der Waals surface area contributed by atoms with Crippen molar-refractivity contribution >= 4 is 0 Å². The van der Waals surface area contributed by atoms with Gasteiger partial charge in [-0.1, -0.05) is 75.2 Å². The van der Waals surface area contributed by atoms with E-state index in [1.54, 1.807) is 0 Å². The van der Waals surface area contributed by atoms with Crippen molar-refractivity contribution in [2.75, 3.05) is 20.1 Å². The fraction of sp³-hybridized carbons (Fsp3) is 1.00. The molecule has 0 radical (unpaired) electrons. The van der Waals surface area contributed by atoms with Crippen molar-refractivity contribution in [1.29, 1.82) is 0 Å². The normalized spacial score (nSPS) is 24.9. The van der Waals surface area contributed by atoms with Crippen LogP contribution in [0.1, 0.15) is 81.6 Å². The molecule has 1 aliphatic carbocycles. The molecule has 1 nitrogen and oxygen atoms in total. The molecule has 120 valence electrons. The van der Waals surface area contributed by atoms with E-state index in [0.29, 0.717) is 0 Å². The highest BCUT2D eigenvalue weighted by Gasteiger charge is 2.16. The molecule has 0 aromatic carbocycles. The number of rotatable bonds is 0. The Morgan fingerprint density at radius 3 is 1.00 bits per heavy atom. The van der Waals surface area contributed by atoms with Gasteiger partial charge in [-0.05, 0) is 31.2 Å². The van der Waals surface area contributed by atoms with Crippen LogP contribution in [0.25, 0.3) is 0 Å². The largest absolute Gasteiger partial charge is 0.306 e. The maximum Gasteiger partial charge on any atom is 0.00163 e. The molecule has 1 saturated carbocycles. The van der Waals surface area contributed by atoms with E-state index < -0.39 is 0 Å². The fourth-order valence-corrected chi connectivity index (χ4v) is 2.50. The van der Waals surface area contributed by atoms with Crippen molar-refractivity contribution in [2.45, 2.75) is 81.6 Å². The Hall–Kier alpha value is -0.0400. The Balaban J connectivity index is -0.000000195. The zero-order chi connectivity index (χ0) is 15.8. The summed E-state index contributed by atoms with van der Waals surface area (Å²) in [6.07, 6.45) is 4.42. The highest BCUT2D eigenvalue weighted by atomic mass is 15.2. The molecular formula is C18H43N. The van der Waals surface area contributed by atoms with Crippen molar-refractivity contribution in [3.63, 3.8) is 0 Å². The SMILES string of the molecule is CC.CC.CC.CC1CCC(C)C1.CC1CN(C)C1. The first kappa shape index (κ1) is 24.0. The zero-order valence-corrected chi connectivity index (χ0v) is 15.7. The van der Waals surface area contributed by atoms with Crippen molar-refractivity contribution in [3.8, 4) is 0 Å². The van der Waals surface area contributed by atoms with Crippen LogP contribution in [0.15, 0.2) is 0 Å². The van der Waals surface area contributed by atoms with Crippen LogP contribution in [0.2, 0.25) is 0 Å². The van der Waals surface area contributed by atoms with E-state index >= 15 is 0 Å². The third-order valence-corrected chi connectivity index (χ3v) is 3.20. The Labute approximate surface area is 125 Å². The standard InChI is InChI=1S/C7H14.C5H11N.3C2H6/c1-6-3-4-7(2)5-6;1-5-3-6(2)4-5;3*1-2/h6-7H,3-5H2,1-2H3;5H,3-4H2,1-2H3;3*1-2H3. The van der Waals surface area contributed by atoms with Gasteiger partial charge in [0.2, 0.25) is 0 Å². The monoisotopic (exact) mass is 273 g/mol. The molecule has 0 N–H and O–H groups in total. The van der Waals surface area contributed by atoms with E-state index in [-0.39, 0.29) is 0 Å². The number of hydrogen-bond donors (Lipinski definition) is 0. The Morgan fingerprint density at radius 2 is 0.947 bits per heavy atom. The molecule has 0 amide bonds. The molecule has 1 heterocycles. The lowest BCUT2D eigenvalue weighted by atomic mass is 10.1. The van der Waals surface area contributed by atoms with Crippen molar-refractivity contribution in [3.05, 3.63) is 0 Å². The summed E-state index contributed by atoms with van der Waals surface area (Å²) in [5.74, 6) is 3.01. The zero-order valence-electron chi connectivity index (χ0n) is 15.7. The van der Waals surface area contributed by atoms with Crippen LogP contribution in [0.5, 0.6) is 0 Å². The van der Waals surface area contributed by atoms with E-state index in [1.165, 1.54) is 32.4 Å². The second-order valence-electron chi connectivity index (χ2n) is 5.35. The van der Waals surface area contributed by atoms with Gasteiger partial charge in [0.05, 0.1) is 0 Å². The van der Waals surface area contributed by atoms with E-state index in [2.05, 4.69) is 32.7 Å². The molecule has 2 unspecified atom stereocenters. The maximum atomic E-state index is 2.35. The molecule has 1 heteroatoms. The summed E-state index contributed by atoms with van der Waals surface area (Å²) in [6, 6.07) is 0. The predicted octanol–water partition coefficient (Wildman–Crippen LogP) is 6.09. The van der Waals surface area contributed by atoms with Gasteiger partial charge >= 0.3 is 0 Å². The molecule has 2 fully saturated rings. The van der Waals surface area contributed by atoms with Gasteiger partial charge in [0.15, 0.2) is 0 Å². The van der Waals surface area contributed by atoms with Gasteiger partial charge in [-0.15, -0.1) is 0 Å². The molecule has 0 bridgehead atoms. The minimum atomic E-state index is 0.968. The van der Waals surface area contributed by atoms with E-state index in [4.69, 9.17) is 0 Å². The highest BCUT2D eigenvalue weighted by molar-refractivity contribution is 4.71. The van der Waals surface area contributed by atoms with Gasteiger partial charge in [-0.3, -0.25) is 0 Å². The van der Waals surface area contributed by atoms with Gasteiger partial charge in [-0.2, -0.15) is 0 Å². The van der Waals surface area contributed by atoms with Crippen molar-refractivity contribution in [2.24, 2.45) is 17.8 Å². The molecule has 0 aromatic heterocycles. The molecular weight excluding hydrogens is 230 g/mol. The van der Waals surface area contributed by atoms with Crippen LogP contribution >= 0.6 is 0 Å². The highest BCUT2D eigenvalue weighted by Crippen LogP contribution is 2.29. The smallest absolute Gasteiger partial charge is 0.00163 e. The summed E-state index contributed by atoms with van der Waals surface area (Å²) < 4.78 is 0. The van der Waals surface area contributed by atoms with Crippen LogP contribution in [0, 0.1) is 17.8 Å². The third kappa shape index (κ3) is 15.9. The minimum Gasteiger partial charge on any atom is -0.306 e. The fourth-order valence-electron chi connectivity index (χ4n) is 2.50. The van der Waals surface area contributed by atoms with Crippen LogP contribution in [-0.2, 0) is 0 Å². The first-order chi connectivity index (χ1) is 9.08. The van der Waals surface area contributed by atoms with Gasteiger partial charge in [0, 0.05) is 13.1 Å². The molecule has 2 aliphatic rings. The van der Waals surface area contributed by atoms with Gasteiger partial charge in [0.1, 0.15) is 0 Å². The molecule has 1 saturated heterocycles. The lowest BCUT2D eigenvalue weighted by molar-refractivity contribution is 0.149.